The molecule has 0 bridgehead atoms. The van der Waals surface area contributed by atoms with Crippen molar-refractivity contribution in [3.05, 3.63) is 53.9 Å². The lowest BCUT2D eigenvalue weighted by molar-refractivity contribution is 0.0947. The molecule has 2 amide bonds. The molecule has 0 unspecified atom stereocenters. The predicted octanol–water partition coefficient (Wildman–Crippen LogP) is 2.73. The maximum atomic E-state index is 12.2. The van der Waals surface area contributed by atoms with Gasteiger partial charge in [0.15, 0.2) is 0 Å². The molecule has 24 heavy (non-hydrogen) atoms. The number of ether oxygens (including phenoxy) is 1. The normalized spacial score (nSPS) is 10.3. The van der Waals surface area contributed by atoms with Crippen LogP contribution in [0.1, 0.15) is 34.7 Å². The number of hydrogen-bond donors (Lipinski definition) is 2. The molecule has 6 heteroatoms. The fourth-order valence-electron chi connectivity index (χ4n) is 1.99. The largest absolute Gasteiger partial charge is 0.497 e. The minimum Gasteiger partial charge on any atom is -0.497 e. The van der Waals surface area contributed by atoms with E-state index in [0.29, 0.717) is 29.5 Å². The Bertz CT molecular complexity index is 729. The number of carbonyl (C=O) groups is 2. The van der Waals surface area contributed by atoms with Crippen LogP contribution in [0.3, 0.4) is 0 Å². The van der Waals surface area contributed by atoms with E-state index in [2.05, 4.69) is 15.6 Å². The van der Waals surface area contributed by atoms with Crippen LogP contribution < -0.4 is 15.4 Å². The van der Waals surface area contributed by atoms with Crippen LogP contribution in [0.2, 0.25) is 0 Å². The maximum Gasteiger partial charge on any atom is 0.274 e. The first-order valence-electron chi connectivity index (χ1n) is 7.69. The molecule has 0 atom stereocenters. The number of rotatable bonds is 6. The number of amides is 2. The van der Waals surface area contributed by atoms with Crippen LogP contribution in [0.4, 0.5) is 5.69 Å². The highest BCUT2D eigenvalue weighted by Gasteiger charge is 2.11. The fraction of sp³-hybridized carbons (Fsp3) is 0.278. The molecule has 6 nitrogen and oxygen atoms in total. The molecule has 0 aliphatic carbocycles. The summed E-state index contributed by atoms with van der Waals surface area (Å²) in [6, 6.07) is 9.99. The molecule has 2 aromatic rings. The van der Waals surface area contributed by atoms with Gasteiger partial charge in [-0.05, 0) is 30.2 Å². The molecule has 1 aromatic carbocycles. The van der Waals surface area contributed by atoms with Crippen molar-refractivity contribution in [3.63, 3.8) is 0 Å². The van der Waals surface area contributed by atoms with Gasteiger partial charge in [-0.2, -0.15) is 0 Å². The van der Waals surface area contributed by atoms with E-state index in [-0.39, 0.29) is 17.5 Å². The zero-order chi connectivity index (χ0) is 17.5. The van der Waals surface area contributed by atoms with E-state index in [1.54, 1.807) is 36.4 Å². The van der Waals surface area contributed by atoms with Gasteiger partial charge >= 0.3 is 0 Å². The molecule has 2 N–H and O–H groups in total. The molecule has 2 rings (SSSR count). The van der Waals surface area contributed by atoms with E-state index in [4.69, 9.17) is 4.74 Å². The standard InChI is InChI=1S/C18H21N3O3/c1-12(2)11-20-17(22)13-5-4-6-14(9-13)21-18(23)16-10-15(24-3)7-8-19-16/h4-10,12H,11H2,1-3H3,(H,20,22)(H,21,23). The average molecular weight is 327 g/mol. The Kier molecular flexibility index (Phi) is 5.89. The van der Waals surface area contributed by atoms with Gasteiger partial charge in [0, 0.05) is 30.1 Å². The van der Waals surface area contributed by atoms with E-state index in [1.807, 2.05) is 13.8 Å². The first-order chi connectivity index (χ1) is 11.5. The Balaban J connectivity index is 2.08. The van der Waals surface area contributed by atoms with Gasteiger partial charge in [-0.25, -0.2) is 0 Å². The molecule has 0 fully saturated rings. The smallest absolute Gasteiger partial charge is 0.274 e. The lowest BCUT2D eigenvalue weighted by atomic mass is 10.1. The van der Waals surface area contributed by atoms with E-state index < -0.39 is 0 Å². The number of nitrogens with zero attached hydrogens (tertiary/aromatic N) is 1. The van der Waals surface area contributed by atoms with Crippen molar-refractivity contribution in [2.45, 2.75) is 13.8 Å². The lowest BCUT2D eigenvalue weighted by Gasteiger charge is -2.10. The quantitative estimate of drug-likeness (QED) is 0.855. The van der Waals surface area contributed by atoms with Crippen molar-refractivity contribution in [1.82, 2.24) is 10.3 Å². The highest BCUT2D eigenvalue weighted by Crippen LogP contribution is 2.14. The average Bonchev–Trinajstić information content (AvgIpc) is 2.59. The minimum atomic E-state index is -0.367. The molecule has 1 heterocycles. The van der Waals surface area contributed by atoms with Crippen LogP contribution >= 0.6 is 0 Å². The zero-order valence-electron chi connectivity index (χ0n) is 14.0. The number of methoxy groups -OCH3 is 1. The van der Waals surface area contributed by atoms with Crippen molar-refractivity contribution in [2.24, 2.45) is 5.92 Å². The highest BCUT2D eigenvalue weighted by atomic mass is 16.5. The predicted molar refractivity (Wildman–Crippen MR) is 92.4 cm³/mol. The fourth-order valence-corrected chi connectivity index (χ4v) is 1.99. The second-order valence-electron chi connectivity index (χ2n) is 5.72. The zero-order valence-corrected chi connectivity index (χ0v) is 14.0. The SMILES string of the molecule is COc1ccnc(C(=O)Nc2cccc(C(=O)NCC(C)C)c2)c1. The number of benzene rings is 1. The third-order valence-corrected chi connectivity index (χ3v) is 3.25. The Morgan fingerprint density at radius 3 is 2.67 bits per heavy atom. The lowest BCUT2D eigenvalue weighted by Crippen LogP contribution is -2.27. The molecule has 1 aromatic heterocycles. The highest BCUT2D eigenvalue weighted by molar-refractivity contribution is 6.04. The van der Waals surface area contributed by atoms with Crippen molar-refractivity contribution in [1.29, 1.82) is 0 Å². The molecule has 0 radical (unpaired) electrons. The first kappa shape index (κ1) is 17.5. The van der Waals surface area contributed by atoms with E-state index in [9.17, 15) is 9.59 Å². The van der Waals surface area contributed by atoms with Gasteiger partial charge in [0.05, 0.1) is 7.11 Å². The second kappa shape index (κ2) is 8.10. The molecular weight excluding hydrogens is 306 g/mol. The summed E-state index contributed by atoms with van der Waals surface area (Å²) in [5.74, 6) is 0.390. The van der Waals surface area contributed by atoms with Crippen LogP contribution in [0, 0.1) is 5.92 Å². The number of nitrogens with one attached hydrogen (secondary N) is 2. The summed E-state index contributed by atoms with van der Waals surface area (Å²) in [4.78, 5) is 28.4. The van der Waals surface area contributed by atoms with Crippen LogP contribution in [0.15, 0.2) is 42.6 Å². The van der Waals surface area contributed by atoms with Gasteiger partial charge in [0.25, 0.3) is 11.8 Å². The topological polar surface area (TPSA) is 80.3 Å². The molecule has 0 saturated heterocycles. The summed E-state index contributed by atoms with van der Waals surface area (Å²) in [5, 5.41) is 5.58. The molecule has 0 saturated carbocycles. The van der Waals surface area contributed by atoms with E-state index in [0.717, 1.165) is 0 Å². The molecule has 0 aliphatic rings. The number of hydrogen-bond acceptors (Lipinski definition) is 4. The van der Waals surface area contributed by atoms with Gasteiger partial charge in [-0.3, -0.25) is 14.6 Å². The molecule has 126 valence electrons. The third kappa shape index (κ3) is 4.81. The third-order valence-electron chi connectivity index (χ3n) is 3.25. The van der Waals surface area contributed by atoms with Crippen molar-refractivity contribution in [2.75, 3.05) is 19.0 Å². The maximum absolute atomic E-state index is 12.2. The summed E-state index contributed by atoms with van der Waals surface area (Å²) in [5.41, 5.74) is 1.26. The first-order valence-corrected chi connectivity index (χ1v) is 7.69. The van der Waals surface area contributed by atoms with E-state index >= 15 is 0 Å². The summed E-state index contributed by atoms with van der Waals surface area (Å²) in [7, 11) is 1.52. The van der Waals surface area contributed by atoms with Gasteiger partial charge in [-0.1, -0.05) is 19.9 Å². The van der Waals surface area contributed by atoms with Gasteiger partial charge in [0.2, 0.25) is 0 Å². The minimum absolute atomic E-state index is 0.167. The van der Waals surface area contributed by atoms with Crippen LogP contribution in [0.25, 0.3) is 0 Å². The summed E-state index contributed by atoms with van der Waals surface area (Å²) in [6.07, 6.45) is 1.50. The number of anilines is 1. The molecule has 0 aliphatic heterocycles. The summed E-state index contributed by atoms with van der Waals surface area (Å²) >= 11 is 0. The van der Waals surface area contributed by atoms with Crippen LogP contribution in [-0.2, 0) is 0 Å². The number of aromatic nitrogens is 1. The monoisotopic (exact) mass is 327 g/mol. The second-order valence-corrected chi connectivity index (χ2v) is 5.72. The van der Waals surface area contributed by atoms with Gasteiger partial charge in [-0.15, -0.1) is 0 Å². The Labute approximate surface area is 141 Å². The van der Waals surface area contributed by atoms with Crippen molar-refractivity contribution >= 4 is 17.5 Å². The van der Waals surface area contributed by atoms with Gasteiger partial charge < -0.3 is 15.4 Å². The molecule has 0 spiro atoms. The summed E-state index contributed by atoms with van der Waals surface area (Å²) < 4.78 is 5.08. The van der Waals surface area contributed by atoms with Gasteiger partial charge in [0.1, 0.15) is 11.4 Å². The van der Waals surface area contributed by atoms with Crippen LogP contribution in [-0.4, -0.2) is 30.5 Å². The summed E-state index contributed by atoms with van der Waals surface area (Å²) in [6.45, 7) is 4.65. The number of pyridine rings is 1. The number of carbonyl (C=O) groups excluding carboxylic acids is 2. The Hall–Kier alpha value is -2.89. The van der Waals surface area contributed by atoms with Crippen LogP contribution in [0.5, 0.6) is 5.75 Å². The Morgan fingerprint density at radius 2 is 1.96 bits per heavy atom. The van der Waals surface area contributed by atoms with E-state index in [1.165, 1.54) is 13.3 Å². The Morgan fingerprint density at radius 1 is 1.17 bits per heavy atom. The van der Waals surface area contributed by atoms with Crippen molar-refractivity contribution < 1.29 is 14.3 Å². The molecular formula is C18H21N3O3. The van der Waals surface area contributed by atoms with Crippen molar-refractivity contribution in [3.8, 4) is 5.75 Å².